The summed E-state index contributed by atoms with van der Waals surface area (Å²) in [7, 11) is 2.86. The Bertz CT molecular complexity index is 945. The second-order valence-corrected chi connectivity index (χ2v) is 6.03. The number of esters is 2. The van der Waals surface area contributed by atoms with Gasteiger partial charge >= 0.3 is 11.9 Å². The van der Waals surface area contributed by atoms with Crippen molar-refractivity contribution in [2.45, 2.75) is 20.4 Å². The molecule has 0 fully saturated rings. The van der Waals surface area contributed by atoms with E-state index in [1.165, 1.54) is 26.4 Å². The van der Waals surface area contributed by atoms with Crippen LogP contribution in [0.2, 0.25) is 5.02 Å². The molecule has 0 bridgehead atoms. The van der Waals surface area contributed by atoms with Gasteiger partial charge in [0.1, 0.15) is 18.0 Å². The van der Waals surface area contributed by atoms with Crippen LogP contribution >= 0.6 is 11.6 Å². The van der Waals surface area contributed by atoms with Crippen LogP contribution in [0.4, 0.5) is 5.69 Å². The number of hydrogen-bond donors (Lipinski definition) is 1. The van der Waals surface area contributed by atoms with Crippen molar-refractivity contribution in [3.63, 3.8) is 0 Å². The molecule has 12 heteroatoms. The average Bonchev–Trinajstić information content (AvgIpc) is 3.12. The molecule has 0 unspecified atom stereocenters. The number of carbonyl (C=O) groups is 3. The number of benzene rings is 1. The summed E-state index contributed by atoms with van der Waals surface area (Å²) < 4.78 is 21.1. The Labute approximate surface area is 177 Å². The predicted molar refractivity (Wildman–Crippen MR) is 105 cm³/mol. The molecule has 0 radical (unpaired) electrons. The van der Waals surface area contributed by atoms with Crippen LogP contribution in [-0.2, 0) is 20.8 Å². The molecular weight excluding hydrogens is 420 g/mol. The molecule has 30 heavy (non-hydrogen) atoms. The maximum atomic E-state index is 12.6. The van der Waals surface area contributed by atoms with Gasteiger partial charge in [-0.25, -0.2) is 14.3 Å². The number of ether oxygens (including phenoxy) is 4. The largest absolute Gasteiger partial charge is 0.495 e. The predicted octanol–water partition coefficient (Wildman–Crippen LogP) is 1.94. The standard InChI is InChI=1S/C18H21ClN4O7/c1-5-29-17(25)15-16(18(26)30-6-2)23(22-21-15)9-14(24)20-11-7-10(19)12(27-3)8-13(11)28-4/h7-8H,5-6,9H2,1-4H3,(H,20,24). The minimum absolute atomic E-state index is 0.0556. The van der Waals surface area contributed by atoms with E-state index < -0.39 is 24.4 Å². The van der Waals surface area contributed by atoms with Crippen molar-refractivity contribution in [2.24, 2.45) is 0 Å². The van der Waals surface area contributed by atoms with E-state index in [2.05, 4.69) is 15.6 Å². The molecule has 2 rings (SSSR count). The van der Waals surface area contributed by atoms with Gasteiger partial charge in [0.05, 0.1) is 38.1 Å². The summed E-state index contributed by atoms with van der Waals surface area (Å²) in [6, 6.07) is 2.96. The van der Waals surface area contributed by atoms with Gasteiger partial charge in [-0.15, -0.1) is 5.10 Å². The van der Waals surface area contributed by atoms with Gasteiger partial charge in [0.2, 0.25) is 11.6 Å². The first kappa shape index (κ1) is 22.9. The second-order valence-electron chi connectivity index (χ2n) is 5.62. The van der Waals surface area contributed by atoms with Gasteiger partial charge in [-0.1, -0.05) is 16.8 Å². The highest BCUT2D eigenvalue weighted by Crippen LogP contribution is 2.35. The van der Waals surface area contributed by atoms with Gasteiger partial charge in [0.25, 0.3) is 0 Å². The third-order valence-electron chi connectivity index (χ3n) is 3.71. The third-order valence-corrected chi connectivity index (χ3v) is 4.01. The lowest BCUT2D eigenvalue weighted by Crippen LogP contribution is -2.24. The van der Waals surface area contributed by atoms with Crippen LogP contribution in [0.1, 0.15) is 34.8 Å². The normalized spacial score (nSPS) is 10.3. The van der Waals surface area contributed by atoms with E-state index in [9.17, 15) is 14.4 Å². The van der Waals surface area contributed by atoms with E-state index in [4.69, 9.17) is 30.5 Å². The lowest BCUT2D eigenvalue weighted by atomic mass is 10.2. The zero-order valence-corrected chi connectivity index (χ0v) is 17.6. The van der Waals surface area contributed by atoms with Gasteiger partial charge in [-0.2, -0.15) is 0 Å². The molecular formula is C18H21ClN4O7. The Balaban J connectivity index is 2.30. The first-order chi connectivity index (χ1) is 14.4. The number of rotatable bonds is 9. The molecule has 1 heterocycles. The molecule has 0 spiro atoms. The minimum atomic E-state index is -0.858. The number of hydrogen-bond acceptors (Lipinski definition) is 9. The SMILES string of the molecule is CCOC(=O)c1nnn(CC(=O)Nc2cc(Cl)c(OC)cc2OC)c1C(=O)OCC. The Hall–Kier alpha value is -3.34. The number of halogens is 1. The van der Waals surface area contributed by atoms with E-state index in [1.807, 2.05) is 0 Å². The van der Waals surface area contributed by atoms with E-state index in [1.54, 1.807) is 13.8 Å². The lowest BCUT2D eigenvalue weighted by molar-refractivity contribution is -0.117. The van der Waals surface area contributed by atoms with Gasteiger partial charge < -0.3 is 24.3 Å². The van der Waals surface area contributed by atoms with Gasteiger partial charge in [-0.05, 0) is 19.9 Å². The smallest absolute Gasteiger partial charge is 0.361 e. The van der Waals surface area contributed by atoms with Crippen molar-refractivity contribution in [1.29, 1.82) is 0 Å². The van der Waals surface area contributed by atoms with Crippen molar-refractivity contribution in [2.75, 3.05) is 32.8 Å². The van der Waals surface area contributed by atoms with Crippen LogP contribution in [-0.4, -0.2) is 60.3 Å². The van der Waals surface area contributed by atoms with Gasteiger partial charge in [0.15, 0.2) is 5.69 Å². The highest BCUT2D eigenvalue weighted by atomic mass is 35.5. The molecule has 2 aromatic rings. The Morgan fingerprint density at radius 3 is 2.27 bits per heavy atom. The van der Waals surface area contributed by atoms with Gasteiger partial charge in [-0.3, -0.25) is 4.79 Å². The number of anilines is 1. The average molecular weight is 441 g/mol. The van der Waals surface area contributed by atoms with Crippen molar-refractivity contribution in [3.05, 3.63) is 28.5 Å². The molecule has 0 atom stereocenters. The van der Waals surface area contributed by atoms with Crippen molar-refractivity contribution >= 4 is 35.1 Å². The highest BCUT2D eigenvalue weighted by molar-refractivity contribution is 6.32. The monoisotopic (exact) mass is 440 g/mol. The summed E-state index contributed by atoms with van der Waals surface area (Å²) in [6.07, 6.45) is 0. The summed E-state index contributed by atoms with van der Waals surface area (Å²) in [5.41, 5.74) is -0.352. The summed E-state index contributed by atoms with van der Waals surface area (Å²) in [4.78, 5) is 36.9. The van der Waals surface area contributed by atoms with Crippen molar-refractivity contribution in [1.82, 2.24) is 15.0 Å². The maximum Gasteiger partial charge on any atom is 0.361 e. The molecule has 0 aliphatic rings. The number of nitrogens with one attached hydrogen (secondary N) is 1. The lowest BCUT2D eigenvalue weighted by Gasteiger charge is -2.13. The number of amides is 1. The van der Waals surface area contributed by atoms with E-state index >= 15 is 0 Å². The molecule has 0 aliphatic heterocycles. The fourth-order valence-electron chi connectivity index (χ4n) is 2.45. The number of nitrogens with zero attached hydrogens (tertiary/aromatic N) is 3. The van der Waals surface area contributed by atoms with E-state index in [0.29, 0.717) is 11.5 Å². The molecule has 1 aromatic heterocycles. The van der Waals surface area contributed by atoms with Crippen LogP contribution in [0.5, 0.6) is 11.5 Å². The Morgan fingerprint density at radius 2 is 1.67 bits per heavy atom. The molecule has 11 nitrogen and oxygen atoms in total. The van der Waals surface area contributed by atoms with Crippen LogP contribution in [0, 0.1) is 0 Å². The molecule has 162 valence electrons. The molecule has 1 amide bonds. The summed E-state index contributed by atoms with van der Waals surface area (Å²) in [5.74, 6) is -1.62. The zero-order chi connectivity index (χ0) is 22.3. The summed E-state index contributed by atoms with van der Waals surface area (Å²) in [6.45, 7) is 2.90. The summed E-state index contributed by atoms with van der Waals surface area (Å²) >= 11 is 6.10. The zero-order valence-electron chi connectivity index (χ0n) is 16.9. The molecule has 0 aliphatic carbocycles. The first-order valence-corrected chi connectivity index (χ1v) is 9.23. The maximum absolute atomic E-state index is 12.6. The van der Waals surface area contributed by atoms with E-state index in [-0.39, 0.29) is 35.3 Å². The van der Waals surface area contributed by atoms with Crippen molar-refractivity contribution in [3.8, 4) is 11.5 Å². The van der Waals surface area contributed by atoms with Crippen LogP contribution in [0.15, 0.2) is 12.1 Å². The number of methoxy groups -OCH3 is 2. The number of carbonyl (C=O) groups excluding carboxylic acids is 3. The Morgan fingerprint density at radius 1 is 1.03 bits per heavy atom. The fraction of sp³-hybridized carbons (Fsp3) is 0.389. The van der Waals surface area contributed by atoms with E-state index in [0.717, 1.165) is 4.68 Å². The molecule has 0 saturated heterocycles. The van der Waals surface area contributed by atoms with Crippen LogP contribution < -0.4 is 14.8 Å². The van der Waals surface area contributed by atoms with Crippen molar-refractivity contribution < 1.29 is 33.3 Å². The molecule has 1 N–H and O–H groups in total. The van der Waals surface area contributed by atoms with Crippen LogP contribution in [0.3, 0.4) is 0 Å². The number of aromatic nitrogens is 3. The fourth-order valence-corrected chi connectivity index (χ4v) is 2.69. The first-order valence-electron chi connectivity index (χ1n) is 8.85. The third kappa shape index (κ3) is 5.17. The Kier molecular flexibility index (Phi) is 7.98. The minimum Gasteiger partial charge on any atom is -0.495 e. The quantitative estimate of drug-likeness (QED) is 0.581. The van der Waals surface area contributed by atoms with Gasteiger partial charge in [0, 0.05) is 6.07 Å². The highest BCUT2D eigenvalue weighted by Gasteiger charge is 2.28. The topological polar surface area (TPSA) is 131 Å². The molecule has 1 aromatic carbocycles. The van der Waals surface area contributed by atoms with Crippen LogP contribution in [0.25, 0.3) is 0 Å². The molecule has 0 saturated carbocycles. The summed E-state index contributed by atoms with van der Waals surface area (Å²) in [5, 5.41) is 10.2. The second kappa shape index (κ2) is 10.4.